The van der Waals surface area contributed by atoms with Gasteiger partial charge in [0.25, 0.3) is 15.9 Å². The average molecular weight is 528 g/mol. The third kappa shape index (κ3) is 6.71. The predicted octanol–water partition coefficient (Wildman–Crippen LogP) is 4.56. The summed E-state index contributed by atoms with van der Waals surface area (Å²) in [6.45, 7) is 1.38. The van der Waals surface area contributed by atoms with Crippen molar-refractivity contribution in [2.24, 2.45) is 5.10 Å². The molecule has 0 aliphatic heterocycles. The first-order valence-electron chi connectivity index (χ1n) is 11.7. The van der Waals surface area contributed by atoms with Crippen molar-refractivity contribution in [2.75, 3.05) is 10.8 Å². The van der Waals surface area contributed by atoms with E-state index in [0.29, 0.717) is 22.6 Å². The summed E-state index contributed by atoms with van der Waals surface area (Å²) < 4.78 is 33.1. The molecule has 0 saturated carbocycles. The second-order valence-corrected chi connectivity index (χ2v) is 10.1. The summed E-state index contributed by atoms with van der Waals surface area (Å²) in [5, 5.41) is 3.95. The Labute approximate surface area is 221 Å². The van der Waals surface area contributed by atoms with Crippen molar-refractivity contribution in [3.05, 3.63) is 126 Å². The average Bonchev–Trinajstić information content (AvgIpc) is 2.93. The number of anilines is 1. The van der Waals surface area contributed by atoms with Crippen molar-refractivity contribution >= 4 is 33.8 Å². The minimum Gasteiger partial charge on any atom is -0.423 e. The molecule has 0 aliphatic rings. The molecule has 0 radical (unpaired) electrons. The number of rotatable bonds is 9. The lowest BCUT2D eigenvalue weighted by Crippen LogP contribution is -2.39. The fourth-order valence-corrected chi connectivity index (χ4v) is 4.96. The van der Waals surface area contributed by atoms with E-state index in [1.165, 1.54) is 18.3 Å². The third-order valence-corrected chi connectivity index (χ3v) is 7.20. The number of nitrogens with one attached hydrogen (secondary N) is 1. The molecule has 9 heteroatoms. The molecule has 4 aromatic rings. The Bertz CT molecular complexity index is 1540. The number of hydrogen-bond acceptors (Lipinski definition) is 6. The van der Waals surface area contributed by atoms with E-state index in [-0.39, 0.29) is 4.90 Å². The number of esters is 1. The highest BCUT2D eigenvalue weighted by Gasteiger charge is 2.27. The van der Waals surface area contributed by atoms with Crippen LogP contribution >= 0.6 is 0 Å². The summed E-state index contributed by atoms with van der Waals surface area (Å²) in [5.74, 6) is -0.724. The number of carbonyl (C=O) groups excluding carboxylic acids is 2. The van der Waals surface area contributed by atoms with Crippen molar-refractivity contribution in [3.63, 3.8) is 0 Å². The van der Waals surface area contributed by atoms with Gasteiger partial charge in [0.15, 0.2) is 0 Å². The van der Waals surface area contributed by atoms with E-state index in [2.05, 4.69) is 10.5 Å². The molecule has 0 aliphatic carbocycles. The van der Waals surface area contributed by atoms with Gasteiger partial charge in [-0.15, -0.1) is 0 Å². The van der Waals surface area contributed by atoms with Crippen molar-refractivity contribution in [2.45, 2.75) is 11.8 Å². The van der Waals surface area contributed by atoms with Crippen LogP contribution in [0.3, 0.4) is 0 Å². The smallest absolute Gasteiger partial charge is 0.343 e. The summed E-state index contributed by atoms with van der Waals surface area (Å²) >= 11 is 0. The Morgan fingerprint density at radius 1 is 0.868 bits per heavy atom. The SMILES string of the molecule is Cc1cccc(N(CC(=O)NN=Cc2ccc(OC(=O)c3ccccc3)cc2)S(=O)(=O)c2ccccc2)c1. The first kappa shape index (κ1) is 26.3. The Hall–Kier alpha value is -4.76. The molecule has 0 heterocycles. The predicted molar refractivity (Wildman–Crippen MR) is 146 cm³/mol. The molecule has 1 amide bonds. The van der Waals surface area contributed by atoms with E-state index in [4.69, 9.17) is 4.74 Å². The topological polar surface area (TPSA) is 105 Å². The van der Waals surface area contributed by atoms with Gasteiger partial charge in [-0.05, 0) is 78.7 Å². The molecule has 0 aromatic heterocycles. The number of carbonyl (C=O) groups is 2. The van der Waals surface area contributed by atoms with Crippen LogP contribution in [-0.4, -0.2) is 33.1 Å². The fourth-order valence-electron chi connectivity index (χ4n) is 3.52. The first-order valence-corrected chi connectivity index (χ1v) is 13.1. The van der Waals surface area contributed by atoms with Gasteiger partial charge in [0.05, 0.1) is 22.4 Å². The molecule has 192 valence electrons. The van der Waals surface area contributed by atoms with Gasteiger partial charge in [-0.2, -0.15) is 5.10 Å². The summed E-state index contributed by atoms with van der Waals surface area (Å²) in [6.07, 6.45) is 1.41. The van der Waals surface area contributed by atoms with Gasteiger partial charge in [-0.1, -0.05) is 48.5 Å². The second-order valence-electron chi connectivity index (χ2n) is 8.28. The Balaban J connectivity index is 1.41. The van der Waals surface area contributed by atoms with E-state index in [1.54, 1.807) is 84.9 Å². The van der Waals surface area contributed by atoms with E-state index in [0.717, 1.165) is 9.87 Å². The molecular weight excluding hydrogens is 502 g/mol. The third-order valence-electron chi connectivity index (χ3n) is 5.41. The number of hydrazone groups is 1. The zero-order valence-electron chi connectivity index (χ0n) is 20.5. The van der Waals surface area contributed by atoms with Crippen LogP contribution in [0.1, 0.15) is 21.5 Å². The van der Waals surface area contributed by atoms with Crippen LogP contribution in [-0.2, 0) is 14.8 Å². The lowest BCUT2D eigenvalue weighted by atomic mass is 10.2. The molecule has 8 nitrogen and oxygen atoms in total. The molecule has 38 heavy (non-hydrogen) atoms. The summed E-state index contributed by atoms with van der Waals surface area (Å²) in [6, 6.07) is 30.0. The van der Waals surface area contributed by atoms with Gasteiger partial charge < -0.3 is 4.74 Å². The largest absolute Gasteiger partial charge is 0.423 e. The number of ether oxygens (including phenoxy) is 1. The van der Waals surface area contributed by atoms with Gasteiger partial charge >= 0.3 is 5.97 Å². The number of benzene rings is 4. The zero-order chi connectivity index (χ0) is 27.0. The molecular formula is C29H25N3O5S. The number of sulfonamides is 1. The monoisotopic (exact) mass is 527 g/mol. The minimum absolute atomic E-state index is 0.0749. The van der Waals surface area contributed by atoms with E-state index < -0.39 is 28.4 Å². The van der Waals surface area contributed by atoms with Crippen molar-refractivity contribution in [1.82, 2.24) is 5.43 Å². The lowest BCUT2D eigenvalue weighted by Gasteiger charge is -2.24. The molecule has 0 spiro atoms. The maximum Gasteiger partial charge on any atom is 0.343 e. The first-order chi connectivity index (χ1) is 18.3. The van der Waals surface area contributed by atoms with Crippen LogP contribution in [0.25, 0.3) is 0 Å². The molecule has 4 rings (SSSR count). The van der Waals surface area contributed by atoms with Gasteiger partial charge in [0.1, 0.15) is 12.3 Å². The maximum atomic E-state index is 13.3. The van der Waals surface area contributed by atoms with Gasteiger partial charge in [-0.3, -0.25) is 9.10 Å². The summed E-state index contributed by atoms with van der Waals surface area (Å²) in [7, 11) is -4.00. The number of hydrogen-bond donors (Lipinski definition) is 1. The quantitative estimate of drug-likeness (QED) is 0.149. The highest BCUT2D eigenvalue weighted by Crippen LogP contribution is 2.24. The summed E-state index contributed by atoms with van der Waals surface area (Å²) in [5.41, 5.74) is 4.68. The van der Waals surface area contributed by atoms with Crippen molar-refractivity contribution in [1.29, 1.82) is 0 Å². The van der Waals surface area contributed by atoms with Crippen molar-refractivity contribution < 1.29 is 22.7 Å². The van der Waals surface area contributed by atoms with E-state index >= 15 is 0 Å². The van der Waals surface area contributed by atoms with Crippen LogP contribution in [0.4, 0.5) is 5.69 Å². The fraction of sp³-hybridized carbons (Fsp3) is 0.0690. The molecule has 0 saturated heterocycles. The van der Waals surface area contributed by atoms with Gasteiger partial charge in [0.2, 0.25) is 0 Å². The van der Waals surface area contributed by atoms with Crippen LogP contribution in [0.5, 0.6) is 5.75 Å². The van der Waals surface area contributed by atoms with Gasteiger partial charge in [0, 0.05) is 0 Å². The molecule has 0 unspecified atom stereocenters. The normalized spacial score (nSPS) is 11.2. The number of amides is 1. The van der Waals surface area contributed by atoms with Crippen LogP contribution < -0.4 is 14.5 Å². The van der Waals surface area contributed by atoms with Crippen LogP contribution in [0, 0.1) is 6.92 Å². The zero-order valence-corrected chi connectivity index (χ0v) is 21.3. The van der Waals surface area contributed by atoms with E-state index in [9.17, 15) is 18.0 Å². The number of nitrogens with zero attached hydrogens (tertiary/aromatic N) is 2. The lowest BCUT2D eigenvalue weighted by molar-refractivity contribution is -0.119. The van der Waals surface area contributed by atoms with Crippen molar-refractivity contribution in [3.8, 4) is 5.75 Å². The Morgan fingerprint density at radius 3 is 2.18 bits per heavy atom. The Kier molecular flexibility index (Phi) is 8.30. The standard InChI is InChI=1S/C29H25N3O5S/c1-22-9-8-12-25(19-22)32(38(35,36)27-13-6-3-7-14-27)21-28(33)31-30-20-23-15-17-26(18-16-23)37-29(34)24-10-4-2-5-11-24/h2-20H,21H2,1H3,(H,31,33). The van der Waals surface area contributed by atoms with Gasteiger partial charge in [-0.25, -0.2) is 18.6 Å². The van der Waals surface area contributed by atoms with Crippen LogP contribution in [0.15, 0.2) is 119 Å². The minimum atomic E-state index is -4.00. The molecule has 0 bridgehead atoms. The maximum absolute atomic E-state index is 13.3. The Morgan fingerprint density at radius 2 is 1.53 bits per heavy atom. The highest BCUT2D eigenvalue weighted by atomic mass is 32.2. The highest BCUT2D eigenvalue weighted by molar-refractivity contribution is 7.92. The van der Waals surface area contributed by atoms with E-state index in [1.807, 2.05) is 19.1 Å². The molecule has 1 N–H and O–H groups in total. The molecule has 4 aromatic carbocycles. The number of aryl methyl sites for hydroxylation is 1. The van der Waals surface area contributed by atoms with Crippen LogP contribution in [0.2, 0.25) is 0 Å². The molecule has 0 atom stereocenters. The molecule has 0 fully saturated rings. The summed E-state index contributed by atoms with van der Waals surface area (Å²) in [4.78, 5) is 24.9. The second kappa shape index (κ2) is 12.0.